The molecule has 0 radical (unpaired) electrons. The number of aliphatic hydroxyl groups is 1. The SMILES string of the molecule is CC1SCCC1(O)Cc1ccns1. The Kier molecular flexibility index (Phi) is 2.62. The highest BCUT2D eigenvalue weighted by Gasteiger charge is 2.39. The maximum Gasteiger partial charge on any atom is 0.0819 e. The Hall–Kier alpha value is -0.0600. The Morgan fingerprint density at radius 2 is 2.62 bits per heavy atom. The summed E-state index contributed by atoms with van der Waals surface area (Å²) in [5, 5.41) is 10.6. The molecule has 1 aromatic heterocycles. The first-order valence-corrected chi connectivity index (χ1v) is 6.26. The Labute approximate surface area is 86.5 Å². The van der Waals surface area contributed by atoms with Gasteiger partial charge in [0.2, 0.25) is 0 Å². The molecule has 13 heavy (non-hydrogen) atoms. The molecule has 0 saturated carbocycles. The molecule has 1 aliphatic heterocycles. The second kappa shape index (κ2) is 3.59. The fourth-order valence-electron chi connectivity index (χ4n) is 1.64. The van der Waals surface area contributed by atoms with Crippen LogP contribution in [0.2, 0.25) is 0 Å². The van der Waals surface area contributed by atoms with Crippen LogP contribution < -0.4 is 0 Å². The molecular weight excluding hydrogens is 202 g/mol. The van der Waals surface area contributed by atoms with Crippen LogP contribution in [-0.2, 0) is 6.42 Å². The Bertz CT molecular complexity index is 275. The number of nitrogens with zero attached hydrogens (tertiary/aromatic N) is 1. The van der Waals surface area contributed by atoms with Gasteiger partial charge in [0.05, 0.1) is 5.60 Å². The Morgan fingerprint density at radius 1 is 1.77 bits per heavy atom. The third-order valence-corrected chi connectivity index (χ3v) is 4.75. The van der Waals surface area contributed by atoms with E-state index < -0.39 is 5.60 Å². The van der Waals surface area contributed by atoms with Crippen molar-refractivity contribution in [2.75, 3.05) is 5.75 Å². The smallest absolute Gasteiger partial charge is 0.0819 e. The zero-order chi connectivity index (χ0) is 9.31. The molecule has 0 spiro atoms. The largest absolute Gasteiger partial charge is 0.388 e. The average Bonchev–Trinajstić information content (AvgIpc) is 2.65. The molecule has 2 rings (SSSR count). The summed E-state index contributed by atoms with van der Waals surface area (Å²) in [5.74, 6) is 1.08. The molecule has 1 aliphatic rings. The maximum atomic E-state index is 10.3. The molecule has 0 aliphatic carbocycles. The summed E-state index contributed by atoms with van der Waals surface area (Å²) < 4.78 is 4.04. The number of hydrogen-bond acceptors (Lipinski definition) is 4. The highest BCUT2D eigenvalue weighted by atomic mass is 32.2. The van der Waals surface area contributed by atoms with Crippen LogP contribution in [0.1, 0.15) is 18.2 Å². The topological polar surface area (TPSA) is 33.1 Å². The molecule has 2 unspecified atom stereocenters. The molecule has 2 nitrogen and oxygen atoms in total. The van der Waals surface area contributed by atoms with Gasteiger partial charge in [-0.2, -0.15) is 11.8 Å². The first-order chi connectivity index (χ1) is 6.21. The molecular formula is C9H13NOS2. The van der Waals surface area contributed by atoms with Crippen molar-refractivity contribution in [2.24, 2.45) is 0 Å². The lowest BCUT2D eigenvalue weighted by Gasteiger charge is -2.25. The zero-order valence-electron chi connectivity index (χ0n) is 7.56. The van der Waals surface area contributed by atoms with E-state index >= 15 is 0 Å². The molecule has 72 valence electrons. The van der Waals surface area contributed by atoms with Gasteiger partial charge in [0.15, 0.2) is 0 Å². The summed E-state index contributed by atoms with van der Waals surface area (Å²) in [4.78, 5) is 1.19. The summed E-state index contributed by atoms with van der Waals surface area (Å²) in [6, 6.07) is 2.00. The third-order valence-electron chi connectivity index (χ3n) is 2.63. The van der Waals surface area contributed by atoms with E-state index in [1.807, 2.05) is 17.8 Å². The van der Waals surface area contributed by atoms with Crippen molar-refractivity contribution in [1.82, 2.24) is 4.37 Å². The van der Waals surface area contributed by atoms with Crippen molar-refractivity contribution >= 4 is 23.3 Å². The third kappa shape index (κ3) is 1.90. The molecule has 1 saturated heterocycles. The van der Waals surface area contributed by atoms with Gasteiger partial charge in [0, 0.05) is 22.7 Å². The Balaban J connectivity index is 2.08. The maximum absolute atomic E-state index is 10.3. The van der Waals surface area contributed by atoms with Crippen molar-refractivity contribution in [3.05, 3.63) is 17.1 Å². The molecule has 4 heteroatoms. The van der Waals surface area contributed by atoms with Crippen LogP contribution >= 0.6 is 23.3 Å². The monoisotopic (exact) mass is 215 g/mol. The van der Waals surface area contributed by atoms with Crippen LogP contribution in [0, 0.1) is 0 Å². The van der Waals surface area contributed by atoms with Gasteiger partial charge in [0.25, 0.3) is 0 Å². The van der Waals surface area contributed by atoms with Gasteiger partial charge in [-0.1, -0.05) is 6.92 Å². The van der Waals surface area contributed by atoms with E-state index in [2.05, 4.69) is 11.3 Å². The van der Waals surface area contributed by atoms with E-state index in [1.165, 1.54) is 16.4 Å². The van der Waals surface area contributed by atoms with Crippen LogP contribution in [-0.4, -0.2) is 26.1 Å². The van der Waals surface area contributed by atoms with Crippen molar-refractivity contribution < 1.29 is 5.11 Å². The van der Waals surface area contributed by atoms with Crippen LogP contribution in [0.25, 0.3) is 0 Å². The van der Waals surface area contributed by atoms with Gasteiger partial charge >= 0.3 is 0 Å². The second-order valence-electron chi connectivity index (χ2n) is 3.52. The summed E-state index contributed by atoms with van der Waals surface area (Å²) >= 11 is 3.35. The second-order valence-corrected chi connectivity index (χ2v) is 5.89. The predicted molar refractivity (Wildman–Crippen MR) is 57.3 cm³/mol. The van der Waals surface area contributed by atoms with Gasteiger partial charge in [-0.05, 0) is 29.8 Å². The standard InChI is InChI=1S/C9H13NOS2/c1-7-9(11,3-5-12-7)6-8-2-4-10-13-8/h2,4,7,11H,3,5-6H2,1H3. The van der Waals surface area contributed by atoms with Gasteiger partial charge in [-0.25, -0.2) is 4.37 Å². The zero-order valence-corrected chi connectivity index (χ0v) is 9.20. The first kappa shape index (κ1) is 9.49. The predicted octanol–water partition coefficient (Wildman–Crippen LogP) is 1.94. The highest BCUT2D eigenvalue weighted by Crippen LogP contribution is 2.38. The molecule has 2 heterocycles. The van der Waals surface area contributed by atoms with Crippen molar-refractivity contribution in [1.29, 1.82) is 0 Å². The minimum Gasteiger partial charge on any atom is -0.388 e. The van der Waals surface area contributed by atoms with E-state index in [4.69, 9.17) is 0 Å². The Morgan fingerprint density at radius 3 is 3.15 bits per heavy atom. The van der Waals surface area contributed by atoms with Crippen molar-refractivity contribution in [2.45, 2.75) is 30.6 Å². The number of aromatic nitrogens is 1. The van der Waals surface area contributed by atoms with Crippen LogP contribution in [0.15, 0.2) is 12.3 Å². The first-order valence-electron chi connectivity index (χ1n) is 4.44. The fraction of sp³-hybridized carbons (Fsp3) is 0.667. The normalized spacial score (nSPS) is 33.8. The number of thioether (sulfide) groups is 1. The summed E-state index contributed by atoms with van der Waals surface area (Å²) in [7, 11) is 0. The van der Waals surface area contributed by atoms with Crippen LogP contribution in [0.4, 0.5) is 0 Å². The summed E-state index contributed by atoms with van der Waals surface area (Å²) in [6.45, 7) is 2.11. The minimum atomic E-state index is -0.489. The molecule has 0 amide bonds. The lowest BCUT2D eigenvalue weighted by Crippen LogP contribution is -2.36. The minimum absolute atomic E-state index is 0.356. The van der Waals surface area contributed by atoms with Crippen LogP contribution in [0.3, 0.4) is 0 Å². The number of rotatable bonds is 2. The molecule has 1 fully saturated rings. The molecule has 0 aromatic carbocycles. The van der Waals surface area contributed by atoms with E-state index in [-0.39, 0.29) is 0 Å². The average molecular weight is 215 g/mol. The lowest BCUT2D eigenvalue weighted by atomic mass is 9.93. The molecule has 2 atom stereocenters. The van der Waals surface area contributed by atoms with E-state index in [0.717, 1.165) is 18.6 Å². The lowest BCUT2D eigenvalue weighted by molar-refractivity contribution is 0.0472. The number of hydrogen-bond donors (Lipinski definition) is 1. The summed E-state index contributed by atoms with van der Waals surface area (Å²) in [6.07, 6.45) is 3.48. The van der Waals surface area contributed by atoms with Gasteiger partial charge in [-0.15, -0.1) is 0 Å². The highest BCUT2D eigenvalue weighted by molar-refractivity contribution is 8.00. The van der Waals surface area contributed by atoms with Gasteiger partial charge < -0.3 is 5.11 Å². The molecule has 1 N–H and O–H groups in total. The fourth-order valence-corrected chi connectivity index (χ4v) is 3.67. The summed E-state index contributed by atoms with van der Waals surface area (Å²) in [5.41, 5.74) is -0.489. The van der Waals surface area contributed by atoms with Gasteiger partial charge in [0.1, 0.15) is 0 Å². The van der Waals surface area contributed by atoms with E-state index in [0.29, 0.717) is 5.25 Å². The quantitative estimate of drug-likeness (QED) is 0.818. The van der Waals surface area contributed by atoms with Crippen LogP contribution in [0.5, 0.6) is 0 Å². The van der Waals surface area contributed by atoms with Crippen molar-refractivity contribution in [3.63, 3.8) is 0 Å². The van der Waals surface area contributed by atoms with E-state index in [1.54, 1.807) is 6.20 Å². The van der Waals surface area contributed by atoms with Crippen molar-refractivity contribution in [3.8, 4) is 0 Å². The molecule has 1 aromatic rings. The molecule has 0 bridgehead atoms. The van der Waals surface area contributed by atoms with E-state index in [9.17, 15) is 5.11 Å². The van der Waals surface area contributed by atoms with Gasteiger partial charge in [-0.3, -0.25) is 0 Å².